The number of methoxy groups -OCH3 is 1. The second-order valence-corrected chi connectivity index (χ2v) is 4.57. The number of benzene rings is 1. The highest BCUT2D eigenvalue weighted by Gasteiger charge is 2.11. The molecule has 2 N–H and O–H groups in total. The van der Waals surface area contributed by atoms with Crippen molar-refractivity contribution >= 4 is 33.3 Å². The van der Waals surface area contributed by atoms with Crippen molar-refractivity contribution in [2.24, 2.45) is 5.73 Å². The smallest absolute Gasteiger partial charge is 0.164 e. The molecular formula is C11H13BrClNO2. The second kappa shape index (κ2) is 6.35. The first-order valence-electron chi connectivity index (χ1n) is 4.80. The van der Waals surface area contributed by atoms with Crippen LogP contribution in [0.5, 0.6) is 0 Å². The van der Waals surface area contributed by atoms with E-state index in [4.69, 9.17) is 22.1 Å². The monoisotopic (exact) mass is 305 g/mol. The molecule has 3 nitrogen and oxygen atoms in total. The maximum atomic E-state index is 11.6. The Kier molecular flexibility index (Phi) is 5.41. The van der Waals surface area contributed by atoms with Gasteiger partial charge in [0.15, 0.2) is 5.78 Å². The lowest BCUT2D eigenvalue weighted by molar-refractivity contribution is 0.0985. The highest BCUT2D eigenvalue weighted by atomic mass is 79.9. The lowest BCUT2D eigenvalue weighted by Gasteiger charge is -2.08. The molecule has 0 fully saturated rings. The third-order valence-corrected chi connectivity index (χ3v) is 3.17. The summed E-state index contributed by atoms with van der Waals surface area (Å²) in [6, 6.07) is 3.40. The lowest BCUT2D eigenvalue weighted by atomic mass is 10.1. The molecule has 0 spiro atoms. The minimum atomic E-state index is -0.00549. The summed E-state index contributed by atoms with van der Waals surface area (Å²) in [4.78, 5) is 11.6. The van der Waals surface area contributed by atoms with Crippen LogP contribution in [0.2, 0.25) is 5.02 Å². The fraction of sp³-hybridized carbons (Fsp3) is 0.364. The van der Waals surface area contributed by atoms with Gasteiger partial charge in [-0.2, -0.15) is 0 Å². The molecule has 1 aromatic carbocycles. The predicted octanol–water partition coefficient (Wildman–Crippen LogP) is 2.78. The van der Waals surface area contributed by atoms with Crippen LogP contribution < -0.4 is 5.73 Å². The van der Waals surface area contributed by atoms with E-state index in [0.29, 0.717) is 30.2 Å². The molecule has 0 aliphatic carbocycles. The second-order valence-electron chi connectivity index (χ2n) is 3.31. The van der Waals surface area contributed by atoms with Crippen LogP contribution in [0.25, 0.3) is 0 Å². The van der Waals surface area contributed by atoms with Crippen LogP contribution in [0.3, 0.4) is 0 Å². The van der Waals surface area contributed by atoms with Crippen LogP contribution in [0.15, 0.2) is 16.6 Å². The molecular weight excluding hydrogens is 293 g/mol. The largest absolute Gasteiger partial charge is 0.380 e. The number of halogens is 2. The number of carbonyl (C=O) groups excluding carboxylic acids is 1. The normalized spacial score (nSPS) is 10.5. The van der Waals surface area contributed by atoms with Crippen LogP contribution in [-0.4, -0.2) is 19.4 Å². The maximum absolute atomic E-state index is 11.6. The predicted molar refractivity (Wildman–Crippen MR) is 67.9 cm³/mol. The molecule has 0 aromatic heterocycles. The maximum Gasteiger partial charge on any atom is 0.164 e. The number of Topliss-reactive ketones (excluding diaryl/α,β-unsaturated/α-hetero) is 1. The van der Waals surface area contributed by atoms with Gasteiger partial charge in [0, 0.05) is 34.2 Å². The molecule has 5 heteroatoms. The van der Waals surface area contributed by atoms with Gasteiger partial charge in [-0.1, -0.05) is 27.5 Å². The Labute approximate surface area is 108 Å². The minimum Gasteiger partial charge on any atom is -0.380 e. The van der Waals surface area contributed by atoms with Gasteiger partial charge in [-0.3, -0.25) is 4.79 Å². The molecule has 1 rings (SSSR count). The molecule has 1 aromatic rings. The zero-order valence-corrected chi connectivity index (χ0v) is 11.3. The van der Waals surface area contributed by atoms with Crippen LogP contribution in [-0.2, 0) is 11.3 Å². The fourth-order valence-corrected chi connectivity index (χ4v) is 2.28. The fourth-order valence-electron chi connectivity index (χ4n) is 1.32. The van der Waals surface area contributed by atoms with Crippen molar-refractivity contribution < 1.29 is 9.53 Å². The summed E-state index contributed by atoms with van der Waals surface area (Å²) in [6.07, 6.45) is 0.326. The topological polar surface area (TPSA) is 52.3 Å². The van der Waals surface area contributed by atoms with E-state index in [0.717, 1.165) is 10.0 Å². The number of hydrogen-bond donors (Lipinski definition) is 1. The summed E-state index contributed by atoms with van der Waals surface area (Å²) in [7, 11) is 1.59. The molecule has 0 saturated heterocycles. The zero-order chi connectivity index (χ0) is 12.1. The number of hydrogen-bond acceptors (Lipinski definition) is 3. The Morgan fingerprint density at radius 1 is 1.56 bits per heavy atom. The summed E-state index contributed by atoms with van der Waals surface area (Å²) >= 11 is 9.43. The van der Waals surface area contributed by atoms with Crippen molar-refractivity contribution in [3.05, 3.63) is 32.8 Å². The molecule has 0 aliphatic heterocycles. The van der Waals surface area contributed by atoms with Crippen molar-refractivity contribution in [3.63, 3.8) is 0 Å². The van der Waals surface area contributed by atoms with E-state index >= 15 is 0 Å². The quantitative estimate of drug-likeness (QED) is 0.851. The lowest BCUT2D eigenvalue weighted by Crippen LogP contribution is -2.08. The Bertz CT molecular complexity index is 373. The first kappa shape index (κ1) is 13.6. The molecule has 0 saturated carbocycles. The Hall–Kier alpha value is -0.420. The van der Waals surface area contributed by atoms with Crippen LogP contribution in [0.1, 0.15) is 22.3 Å². The average Bonchev–Trinajstić information content (AvgIpc) is 2.23. The Balaban J connectivity index is 3.04. The SMILES string of the molecule is COCc1c(Cl)cc(C(=O)CCN)cc1Br. The summed E-state index contributed by atoms with van der Waals surface area (Å²) < 4.78 is 5.80. The first-order valence-corrected chi connectivity index (χ1v) is 5.97. The van der Waals surface area contributed by atoms with Crippen LogP contribution in [0.4, 0.5) is 0 Å². The van der Waals surface area contributed by atoms with E-state index < -0.39 is 0 Å². The number of carbonyl (C=O) groups is 1. The van der Waals surface area contributed by atoms with Crippen molar-refractivity contribution in [3.8, 4) is 0 Å². The molecule has 16 heavy (non-hydrogen) atoms. The van der Waals surface area contributed by atoms with Crippen molar-refractivity contribution in [1.82, 2.24) is 0 Å². The van der Waals surface area contributed by atoms with Gasteiger partial charge in [0.1, 0.15) is 0 Å². The van der Waals surface area contributed by atoms with Gasteiger partial charge in [0.25, 0.3) is 0 Å². The standard InChI is InChI=1S/C11H13BrClNO2/c1-16-6-8-9(12)4-7(5-10(8)13)11(15)2-3-14/h4-5H,2-3,6,14H2,1H3. The molecule has 0 amide bonds. The van der Waals surface area contributed by atoms with E-state index in [9.17, 15) is 4.79 Å². The summed E-state index contributed by atoms with van der Waals surface area (Å²) in [6.45, 7) is 0.749. The molecule has 0 radical (unpaired) electrons. The zero-order valence-electron chi connectivity index (χ0n) is 8.93. The van der Waals surface area contributed by atoms with Crippen molar-refractivity contribution in [2.75, 3.05) is 13.7 Å². The highest BCUT2D eigenvalue weighted by molar-refractivity contribution is 9.10. The third kappa shape index (κ3) is 3.28. The van der Waals surface area contributed by atoms with E-state index in [-0.39, 0.29) is 5.78 Å². The van der Waals surface area contributed by atoms with Gasteiger partial charge < -0.3 is 10.5 Å². The number of ketones is 1. The third-order valence-electron chi connectivity index (χ3n) is 2.12. The van der Waals surface area contributed by atoms with E-state index in [1.807, 2.05) is 0 Å². The van der Waals surface area contributed by atoms with Gasteiger partial charge in [0.2, 0.25) is 0 Å². The van der Waals surface area contributed by atoms with Gasteiger partial charge in [0.05, 0.1) is 6.61 Å². The minimum absolute atomic E-state index is 0.00549. The molecule has 88 valence electrons. The Morgan fingerprint density at radius 2 is 2.25 bits per heavy atom. The molecule has 0 bridgehead atoms. The van der Waals surface area contributed by atoms with Crippen LogP contribution in [0, 0.1) is 0 Å². The molecule has 0 heterocycles. The van der Waals surface area contributed by atoms with Gasteiger partial charge in [-0.05, 0) is 18.7 Å². The highest BCUT2D eigenvalue weighted by Crippen LogP contribution is 2.28. The van der Waals surface area contributed by atoms with Crippen molar-refractivity contribution in [1.29, 1.82) is 0 Å². The van der Waals surface area contributed by atoms with Crippen molar-refractivity contribution in [2.45, 2.75) is 13.0 Å². The molecule has 0 unspecified atom stereocenters. The van der Waals surface area contributed by atoms with Gasteiger partial charge in [-0.15, -0.1) is 0 Å². The Morgan fingerprint density at radius 3 is 2.75 bits per heavy atom. The number of rotatable bonds is 5. The number of ether oxygens (including phenoxy) is 1. The van der Waals surface area contributed by atoms with E-state index in [1.165, 1.54) is 0 Å². The summed E-state index contributed by atoms with van der Waals surface area (Å²) in [5.41, 5.74) is 6.75. The molecule has 0 atom stereocenters. The van der Waals surface area contributed by atoms with Gasteiger partial charge in [-0.25, -0.2) is 0 Å². The van der Waals surface area contributed by atoms with E-state index in [2.05, 4.69) is 15.9 Å². The van der Waals surface area contributed by atoms with Gasteiger partial charge >= 0.3 is 0 Å². The molecule has 0 aliphatic rings. The average molecular weight is 307 g/mol. The van der Waals surface area contributed by atoms with E-state index in [1.54, 1.807) is 19.2 Å². The number of nitrogens with two attached hydrogens (primary N) is 1. The summed E-state index contributed by atoms with van der Waals surface area (Å²) in [5, 5.41) is 0.525. The first-order chi connectivity index (χ1) is 7.60. The van der Waals surface area contributed by atoms with Crippen LogP contribution >= 0.6 is 27.5 Å². The summed E-state index contributed by atoms with van der Waals surface area (Å²) in [5.74, 6) is -0.00549.